The van der Waals surface area contributed by atoms with E-state index in [1.165, 1.54) is 31.6 Å². The Morgan fingerprint density at radius 1 is 0.927 bits per heavy atom. The number of piperidine rings is 1. The maximum atomic E-state index is 12.5. The van der Waals surface area contributed by atoms with E-state index < -0.39 is 5.91 Å². The number of carbonyl (C=O) groups excluding carboxylic acids is 1. The molecule has 11 nitrogen and oxygen atoms in total. The highest BCUT2D eigenvalue weighted by molar-refractivity contribution is 5.97. The highest BCUT2D eigenvalue weighted by Gasteiger charge is 2.27. The maximum absolute atomic E-state index is 12.5. The Balaban J connectivity index is 1.18. The first kappa shape index (κ1) is 27.4. The second-order valence-electron chi connectivity index (χ2n) is 11.2. The lowest BCUT2D eigenvalue weighted by Gasteiger charge is -2.42. The summed E-state index contributed by atoms with van der Waals surface area (Å²) in [5.74, 6) is 0.238. The summed E-state index contributed by atoms with van der Waals surface area (Å²) in [6.45, 7) is 8.06. The largest absolute Gasteiger partial charge is 0.379 e. The third-order valence-corrected chi connectivity index (χ3v) is 8.37. The molecule has 41 heavy (non-hydrogen) atoms. The summed E-state index contributed by atoms with van der Waals surface area (Å²) < 4.78 is 5.55. The van der Waals surface area contributed by atoms with Crippen molar-refractivity contribution in [3.8, 4) is 11.3 Å². The van der Waals surface area contributed by atoms with Gasteiger partial charge in [0.05, 0.1) is 12.6 Å². The lowest BCUT2D eigenvalue weighted by Crippen LogP contribution is -2.52. The first-order valence-corrected chi connectivity index (χ1v) is 14.5. The molecule has 0 bridgehead atoms. The first-order valence-electron chi connectivity index (χ1n) is 14.5. The van der Waals surface area contributed by atoms with E-state index >= 15 is 0 Å². The predicted molar refractivity (Wildman–Crippen MR) is 161 cm³/mol. The number of anilines is 4. The van der Waals surface area contributed by atoms with E-state index in [4.69, 9.17) is 15.5 Å². The quantitative estimate of drug-likeness (QED) is 0.381. The number of hydrogen-bond acceptors (Lipinski definition) is 10. The van der Waals surface area contributed by atoms with Crippen molar-refractivity contribution in [1.29, 1.82) is 0 Å². The number of rotatable bonds is 8. The molecule has 3 saturated heterocycles. The van der Waals surface area contributed by atoms with Crippen molar-refractivity contribution in [3.63, 3.8) is 0 Å². The number of benzene rings is 1. The summed E-state index contributed by atoms with van der Waals surface area (Å²) in [5, 5.41) is 6.75. The van der Waals surface area contributed by atoms with Gasteiger partial charge in [-0.1, -0.05) is 0 Å². The topological polar surface area (TPSA) is 125 Å². The second-order valence-corrected chi connectivity index (χ2v) is 11.2. The van der Waals surface area contributed by atoms with E-state index in [2.05, 4.69) is 54.5 Å². The number of primary amides is 1. The van der Waals surface area contributed by atoms with Crippen LogP contribution in [-0.2, 0) is 4.74 Å². The van der Waals surface area contributed by atoms with Crippen LogP contribution < -0.4 is 21.3 Å². The van der Waals surface area contributed by atoms with Gasteiger partial charge < -0.3 is 30.9 Å². The second kappa shape index (κ2) is 12.4. The van der Waals surface area contributed by atoms with Crippen molar-refractivity contribution in [2.45, 2.75) is 31.3 Å². The van der Waals surface area contributed by atoms with Crippen LogP contribution in [0, 0.1) is 0 Å². The number of nitrogens with zero attached hydrogens (tertiary/aromatic N) is 6. The molecule has 0 radical (unpaired) electrons. The molecule has 3 aromatic rings. The predicted octanol–water partition coefficient (Wildman–Crippen LogP) is 2.80. The number of pyridine rings is 1. The Hall–Kier alpha value is -3.80. The Labute approximate surface area is 241 Å². The number of aromatic nitrogens is 3. The minimum atomic E-state index is -0.647. The number of carbonyl (C=O) groups is 1. The molecule has 1 amide bonds. The van der Waals surface area contributed by atoms with E-state index in [0.29, 0.717) is 36.6 Å². The number of nitrogens with two attached hydrogens (primary N) is 1. The van der Waals surface area contributed by atoms with Crippen LogP contribution >= 0.6 is 0 Å². The van der Waals surface area contributed by atoms with Crippen LogP contribution in [-0.4, -0.2) is 102 Å². The van der Waals surface area contributed by atoms with Gasteiger partial charge in [0.25, 0.3) is 5.91 Å². The van der Waals surface area contributed by atoms with Crippen molar-refractivity contribution in [3.05, 3.63) is 54.5 Å². The van der Waals surface area contributed by atoms with Gasteiger partial charge in [-0.15, -0.1) is 0 Å². The van der Waals surface area contributed by atoms with Gasteiger partial charge in [-0.25, -0.2) is 9.97 Å². The molecule has 1 aromatic carbocycles. The molecular weight excluding hydrogens is 518 g/mol. The highest BCUT2D eigenvalue weighted by atomic mass is 16.5. The molecular formula is C30H39N9O2. The zero-order valence-corrected chi connectivity index (χ0v) is 23.6. The Bertz CT molecular complexity index is 1320. The van der Waals surface area contributed by atoms with E-state index in [0.717, 1.165) is 43.9 Å². The standard InChI is InChI=1S/C30H39N9O2/c1-37-15-17-39(18-16-37)25-8-13-38(14-9-25)24-4-2-22(3-5-24)33-30-27(28(31)40)35-26(21-6-11-32-12-7-21)29(36-30)34-23-10-19-41-20-23/h2-7,11-12,23,25H,8-10,13-20H2,1H3,(H2,31,40)(H2,33,34,36)/t23-/m0/s1. The van der Waals surface area contributed by atoms with Crippen LogP contribution in [0.5, 0.6) is 0 Å². The molecule has 2 aromatic heterocycles. The van der Waals surface area contributed by atoms with Crippen molar-refractivity contribution < 1.29 is 9.53 Å². The molecule has 5 heterocycles. The average molecular weight is 558 g/mol. The Morgan fingerprint density at radius 3 is 2.32 bits per heavy atom. The van der Waals surface area contributed by atoms with Gasteiger partial charge in [-0.05, 0) is 62.7 Å². The zero-order chi connectivity index (χ0) is 28.2. The van der Waals surface area contributed by atoms with Gasteiger partial charge >= 0.3 is 0 Å². The number of piperazine rings is 1. The van der Waals surface area contributed by atoms with Crippen molar-refractivity contribution in [1.82, 2.24) is 24.8 Å². The molecule has 0 saturated carbocycles. The Morgan fingerprint density at radius 2 is 1.66 bits per heavy atom. The number of hydrogen-bond donors (Lipinski definition) is 3. The molecule has 6 rings (SSSR count). The van der Waals surface area contributed by atoms with Crippen LogP contribution in [0.3, 0.4) is 0 Å². The number of likely N-dealkylation sites (N-methyl/N-ethyl adjacent to an activating group) is 1. The monoisotopic (exact) mass is 557 g/mol. The number of ether oxygens (including phenoxy) is 1. The molecule has 3 fully saturated rings. The molecule has 11 heteroatoms. The zero-order valence-electron chi connectivity index (χ0n) is 23.6. The van der Waals surface area contributed by atoms with Crippen LogP contribution in [0.25, 0.3) is 11.3 Å². The lowest BCUT2D eigenvalue weighted by atomic mass is 10.0. The van der Waals surface area contributed by atoms with Crippen LogP contribution in [0.1, 0.15) is 29.8 Å². The van der Waals surface area contributed by atoms with E-state index in [1.807, 2.05) is 24.3 Å². The average Bonchev–Trinajstić information content (AvgIpc) is 3.52. The fourth-order valence-corrected chi connectivity index (χ4v) is 5.92. The van der Waals surface area contributed by atoms with E-state index in [1.54, 1.807) is 12.4 Å². The normalized spacial score (nSPS) is 20.7. The highest BCUT2D eigenvalue weighted by Crippen LogP contribution is 2.31. The molecule has 3 aliphatic heterocycles. The minimum absolute atomic E-state index is 0.0834. The van der Waals surface area contributed by atoms with E-state index in [9.17, 15) is 4.79 Å². The van der Waals surface area contributed by atoms with E-state index in [-0.39, 0.29) is 11.7 Å². The minimum Gasteiger partial charge on any atom is -0.379 e. The van der Waals surface area contributed by atoms with Crippen molar-refractivity contribution in [2.75, 3.05) is 75.1 Å². The molecule has 0 unspecified atom stereocenters. The first-order chi connectivity index (χ1) is 20.0. The molecule has 0 aliphatic carbocycles. The van der Waals surface area contributed by atoms with Gasteiger partial charge in [0, 0.05) is 81.2 Å². The fourth-order valence-electron chi connectivity index (χ4n) is 5.92. The summed E-state index contributed by atoms with van der Waals surface area (Å²) in [6.07, 6.45) is 6.61. The molecule has 3 aliphatic rings. The third kappa shape index (κ3) is 6.42. The van der Waals surface area contributed by atoms with Gasteiger partial charge in [0.15, 0.2) is 17.3 Å². The number of amides is 1. The molecule has 0 spiro atoms. The Kier molecular flexibility index (Phi) is 8.26. The van der Waals surface area contributed by atoms with Gasteiger partial charge in [-0.3, -0.25) is 14.7 Å². The van der Waals surface area contributed by atoms with Gasteiger partial charge in [0.2, 0.25) is 0 Å². The maximum Gasteiger partial charge on any atom is 0.271 e. The summed E-state index contributed by atoms with van der Waals surface area (Å²) in [4.78, 5) is 33.6. The van der Waals surface area contributed by atoms with Crippen molar-refractivity contribution in [2.24, 2.45) is 5.73 Å². The van der Waals surface area contributed by atoms with Crippen LogP contribution in [0.2, 0.25) is 0 Å². The van der Waals surface area contributed by atoms with Crippen molar-refractivity contribution >= 4 is 28.9 Å². The molecule has 4 N–H and O–H groups in total. The fraction of sp³-hybridized carbons (Fsp3) is 0.467. The summed E-state index contributed by atoms with van der Waals surface area (Å²) in [5.41, 5.74) is 9.21. The summed E-state index contributed by atoms with van der Waals surface area (Å²) in [7, 11) is 2.21. The third-order valence-electron chi connectivity index (χ3n) is 8.37. The molecule has 216 valence electrons. The van der Waals surface area contributed by atoms with Gasteiger partial charge in [-0.2, -0.15) is 0 Å². The summed E-state index contributed by atoms with van der Waals surface area (Å²) >= 11 is 0. The van der Waals surface area contributed by atoms with Crippen LogP contribution in [0.15, 0.2) is 48.8 Å². The van der Waals surface area contributed by atoms with Crippen LogP contribution in [0.4, 0.5) is 23.0 Å². The molecule has 1 atom stereocenters. The number of nitrogens with one attached hydrogen (secondary N) is 2. The lowest BCUT2D eigenvalue weighted by molar-refractivity contribution is 0.0982. The smallest absolute Gasteiger partial charge is 0.271 e. The summed E-state index contributed by atoms with van der Waals surface area (Å²) in [6, 6.07) is 12.7. The SMILES string of the molecule is CN1CCN(C2CCN(c3ccc(Nc4nc(N[C@H]5CCOC5)c(-c5ccncc5)nc4C(N)=O)cc3)CC2)CC1. The van der Waals surface area contributed by atoms with Gasteiger partial charge in [0.1, 0.15) is 5.69 Å².